The Morgan fingerprint density at radius 3 is 2.32 bits per heavy atom. The van der Waals surface area contributed by atoms with Gasteiger partial charge in [0, 0.05) is 0 Å². The second-order valence-electron chi connectivity index (χ2n) is 7.59. The Balaban J connectivity index is 1.66. The molecular formula is C26H26N2O2S. The molecule has 0 aliphatic heterocycles. The average Bonchev–Trinajstić information content (AvgIpc) is 3.23. The molecule has 0 saturated carbocycles. The van der Waals surface area contributed by atoms with Gasteiger partial charge in [-0.15, -0.1) is 0 Å². The summed E-state index contributed by atoms with van der Waals surface area (Å²) in [5, 5.41) is 0.743. The standard InChI is InChI=1S/C26H26N2O2S/c1-4-30-22-14-12-20(13-15-22)16-23(29)28(17-21-8-6-5-7-9-21)26-27-24-18(2)10-11-19(3)25(24)31-26/h5-15H,4,16-17H2,1-3H3. The summed E-state index contributed by atoms with van der Waals surface area (Å²) < 4.78 is 6.65. The van der Waals surface area contributed by atoms with E-state index in [0.29, 0.717) is 19.6 Å². The lowest BCUT2D eigenvalue weighted by Gasteiger charge is -2.20. The van der Waals surface area contributed by atoms with Gasteiger partial charge in [0.15, 0.2) is 5.13 Å². The van der Waals surface area contributed by atoms with E-state index in [2.05, 4.69) is 26.0 Å². The number of nitrogens with zero attached hydrogens (tertiary/aromatic N) is 2. The maximum absolute atomic E-state index is 13.4. The van der Waals surface area contributed by atoms with Crippen molar-refractivity contribution in [1.82, 2.24) is 4.98 Å². The molecule has 0 unspecified atom stereocenters. The van der Waals surface area contributed by atoms with Crippen LogP contribution >= 0.6 is 11.3 Å². The molecule has 0 atom stereocenters. The highest BCUT2D eigenvalue weighted by Gasteiger charge is 2.21. The number of fused-ring (bicyclic) bond motifs is 1. The van der Waals surface area contributed by atoms with Crippen LogP contribution in [0.15, 0.2) is 66.7 Å². The average molecular weight is 431 g/mol. The van der Waals surface area contributed by atoms with Crippen LogP contribution < -0.4 is 9.64 Å². The Morgan fingerprint density at radius 1 is 0.935 bits per heavy atom. The largest absolute Gasteiger partial charge is 0.494 e. The lowest BCUT2D eigenvalue weighted by atomic mass is 10.1. The van der Waals surface area contributed by atoms with Crippen molar-refractivity contribution in [2.24, 2.45) is 0 Å². The molecule has 1 amide bonds. The van der Waals surface area contributed by atoms with Crippen molar-refractivity contribution in [2.45, 2.75) is 33.7 Å². The molecule has 0 aliphatic rings. The number of hydrogen-bond acceptors (Lipinski definition) is 4. The molecule has 5 heteroatoms. The molecule has 4 rings (SSSR count). The Kier molecular flexibility index (Phi) is 6.33. The van der Waals surface area contributed by atoms with Crippen LogP contribution in [0.1, 0.15) is 29.2 Å². The summed E-state index contributed by atoms with van der Waals surface area (Å²) in [7, 11) is 0. The number of benzene rings is 3. The van der Waals surface area contributed by atoms with Crippen LogP contribution in [0.3, 0.4) is 0 Å². The molecule has 0 saturated heterocycles. The van der Waals surface area contributed by atoms with Crippen LogP contribution in [-0.2, 0) is 17.8 Å². The van der Waals surface area contributed by atoms with Crippen LogP contribution in [0, 0.1) is 13.8 Å². The van der Waals surface area contributed by atoms with E-state index in [1.54, 1.807) is 11.3 Å². The lowest BCUT2D eigenvalue weighted by molar-refractivity contribution is -0.118. The van der Waals surface area contributed by atoms with Gasteiger partial charge in [0.1, 0.15) is 5.75 Å². The Morgan fingerprint density at radius 2 is 1.65 bits per heavy atom. The fourth-order valence-electron chi connectivity index (χ4n) is 3.53. The fourth-order valence-corrected chi connectivity index (χ4v) is 4.66. The minimum absolute atomic E-state index is 0.0300. The van der Waals surface area contributed by atoms with Crippen LogP contribution in [0.25, 0.3) is 10.2 Å². The molecule has 0 spiro atoms. The van der Waals surface area contributed by atoms with Gasteiger partial charge < -0.3 is 4.74 Å². The van der Waals surface area contributed by atoms with Gasteiger partial charge in [-0.3, -0.25) is 9.69 Å². The number of rotatable bonds is 7. The summed E-state index contributed by atoms with van der Waals surface area (Å²) in [4.78, 5) is 20.1. The van der Waals surface area contributed by atoms with Crippen molar-refractivity contribution in [2.75, 3.05) is 11.5 Å². The van der Waals surface area contributed by atoms with Crippen LogP contribution in [0.2, 0.25) is 0 Å². The van der Waals surface area contributed by atoms with Crippen molar-refractivity contribution >= 4 is 32.6 Å². The molecule has 31 heavy (non-hydrogen) atoms. The van der Waals surface area contributed by atoms with Crippen LogP contribution in [0.5, 0.6) is 5.75 Å². The first kappa shape index (κ1) is 21.1. The van der Waals surface area contributed by atoms with Crippen molar-refractivity contribution < 1.29 is 9.53 Å². The topological polar surface area (TPSA) is 42.4 Å². The number of aryl methyl sites for hydroxylation is 2. The highest BCUT2D eigenvalue weighted by Crippen LogP contribution is 2.34. The van der Waals surface area contributed by atoms with Gasteiger partial charge in [0.2, 0.25) is 5.91 Å². The van der Waals surface area contributed by atoms with Gasteiger partial charge in [0.25, 0.3) is 0 Å². The zero-order valence-corrected chi connectivity index (χ0v) is 18.9. The van der Waals surface area contributed by atoms with Crippen LogP contribution in [-0.4, -0.2) is 17.5 Å². The summed E-state index contributed by atoms with van der Waals surface area (Å²) in [6, 6.07) is 22.0. The van der Waals surface area contributed by atoms with E-state index in [-0.39, 0.29) is 5.91 Å². The number of anilines is 1. The molecule has 4 nitrogen and oxygen atoms in total. The number of carbonyl (C=O) groups is 1. The Bertz CT molecular complexity index is 1140. The third-order valence-electron chi connectivity index (χ3n) is 5.24. The smallest absolute Gasteiger partial charge is 0.233 e. The molecule has 158 valence electrons. The van der Waals surface area contributed by atoms with Crippen molar-refractivity contribution in [3.05, 3.63) is 89.0 Å². The molecule has 4 aromatic rings. The van der Waals surface area contributed by atoms with E-state index in [9.17, 15) is 4.79 Å². The molecule has 1 aromatic heterocycles. The van der Waals surface area contributed by atoms with Gasteiger partial charge >= 0.3 is 0 Å². The predicted octanol–water partition coefficient (Wildman–Crippen LogP) is 6.09. The maximum atomic E-state index is 13.4. The van der Waals surface area contributed by atoms with Gasteiger partial charge in [-0.1, -0.05) is 65.9 Å². The summed E-state index contributed by atoms with van der Waals surface area (Å²) >= 11 is 1.59. The second-order valence-corrected chi connectivity index (χ2v) is 8.57. The van der Waals surface area contributed by atoms with Crippen LogP contribution in [0.4, 0.5) is 5.13 Å². The normalized spacial score (nSPS) is 10.9. The molecule has 0 aliphatic carbocycles. The first-order chi connectivity index (χ1) is 15.0. The molecule has 1 heterocycles. The Hall–Kier alpha value is -3.18. The minimum atomic E-state index is 0.0300. The van der Waals surface area contributed by atoms with Gasteiger partial charge in [-0.25, -0.2) is 4.98 Å². The predicted molar refractivity (Wildman–Crippen MR) is 128 cm³/mol. The molecule has 0 bridgehead atoms. The van der Waals surface area contributed by atoms with Gasteiger partial charge in [0.05, 0.1) is 29.8 Å². The van der Waals surface area contributed by atoms with Crippen molar-refractivity contribution in [3.63, 3.8) is 0 Å². The summed E-state index contributed by atoms with van der Waals surface area (Å²) in [6.45, 7) is 7.23. The van der Waals surface area contributed by atoms with E-state index in [0.717, 1.165) is 37.8 Å². The highest BCUT2D eigenvalue weighted by atomic mass is 32.1. The second kappa shape index (κ2) is 9.31. The van der Waals surface area contributed by atoms with E-state index >= 15 is 0 Å². The number of carbonyl (C=O) groups excluding carboxylic acids is 1. The zero-order chi connectivity index (χ0) is 21.8. The summed E-state index contributed by atoms with van der Waals surface area (Å²) in [5.41, 5.74) is 5.33. The lowest BCUT2D eigenvalue weighted by Crippen LogP contribution is -2.31. The van der Waals surface area contributed by atoms with E-state index in [4.69, 9.17) is 9.72 Å². The minimum Gasteiger partial charge on any atom is -0.494 e. The first-order valence-corrected chi connectivity index (χ1v) is 11.3. The number of aromatic nitrogens is 1. The number of ether oxygens (including phenoxy) is 1. The first-order valence-electron chi connectivity index (χ1n) is 10.5. The van der Waals surface area contributed by atoms with E-state index in [1.807, 2.05) is 66.4 Å². The Labute approximate surface area is 187 Å². The third kappa shape index (κ3) is 4.78. The third-order valence-corrected chi connectivity index (χ3v) is 6.45. The number of amides is 1. The van der Waals surface area contributed by atoms with Crippen molar-refractivity contribution in [1.29, 1.82) is 0 Å². The molecule has 0 N–H and O–H groups in total. The summed E-state index contributed by atoms with van der Waals surface area (Å²) in [6.07, 6.45) is 0.313. The fraction of sp³-hybridized carbons (Fsp3) is 0.231. The zero-order valence-electron chi connectivity index (χ0n) is 18.1. The summed E-state index contributed by atoms with van der Waals surface area (Å²) in [5.74, 6) is 0.847. The molecule has 0 fully saturated rings. The molecule has 0 radical (unpaired) electrons. The SMILES string of the molecule is CCOc1ccc(CC(=O)N(Cc2ccccc2)c2nc3c(C)ccc(C)c3s2)cc1. The monoisotopic (exact) mass is 430 g/mol. The van der Waals surface area contributed by atoms with Crippen molar-refractivity contribution in [3.8, 4) is 5.75 Å². The number of thiazole rings is 1. The molecular weight excluding hydrogens is 404 g/mol. The van der Waals surface area contributed by atoms with E-state index < -0.39 is 0 Å². The highest BCUT2D eigenvalue weighted by molar-refractivity contribution is 7.22. The quantitative estimate of drug-likeness (QED) is 0.356. The van der Waals surface area contributed by atoms with Gasteiger partial charge in [-0.05, 0) is 55.2 Å². The maximum Gasteiger partial charge on any atom is 0.233 e. The van der Waals surface area contributed by atoms with E-state index in [1.165, 1.54) is 5.56 Å². The number of hydrogen-bond donors (Lipinski definition) is 0. The van der Waals surface area contributed by atoms with Gasteiger partial charge in [-0.2, -0.15) is 0 Å². The molecule has 3 aromatic carbocycles.